The van der Waals surface area contributed by atoms with Gasteiger partial charge in [-0.1, -0.05) is 11.6 Å². The van der Waals surface area contributed by atoms with E-state index >= 15 is 0 Å². The third-order valence-corrected chi connectivity index (χ3v) is 4.28. The van der Waals surface area contributed by atoms with E-state index in [1.165, 1.54) is 0 Å². The fourth-order valence-corrected chi connectivity index (χ4v) is 2.94. The van der Waals surface area contributed by atoms with Crippen molar-refractivity contribution >= 4 is 17.4 Å². The van der Waals surface area contributed by atoms with Crippen LogP contribution in [-0.4, -0.2) is 66.0 Å². The van der Waals surface area contributed by atoms with Gasteiger partial charge in [-0.3, -0.25) is 4.90 Å². The summed E-state index contributed by atoms with van der Waals surface area (Å²) in [6.07, 6.45) is -4.24. The van der Waals surface area contributed by atoms with Crippen LogP contribution in [0.25, 0.3) is 0 Å². The number of nitrogens with zero attached hydrogens (tertiary/aromatic N) is 3. The number of β-amino-alcohol motifs (C(OH)–C–C–N with tert-alkyl or cyclic N) is 1. The van der Waals surface area contributed by atoms with Crippen LogP contribution in [0.1, 0.15) is 26.3 Å². The van der Waals surface area contributed by atoms with E-state index in [0.29, 0.717) is 38.5 Å². The molecule has 0 amide bonds. The van der Waals surface area contributed by atoms with Crippen LogP contribution in [0.2, 0.25) is 5.02 Å². The maximum absolute atomic E-state index is 12.7. The molecule has 1 saturated heterocycles. The Hall–Kier alpha value is -1.09. The first-order valence-electron chi connectivity index (χ1n) is 8.48. The van der Waals surface area contributed by atoms with E-state index in [0.717, 1.165) is 12.3 Å². The monoisotopic (exact) mass is 395 g/mol. The number of aliphatic hydroxyl groups excluding tert-OH is 1. The Bertz CT molecular complexity index is 600. The minimum atomic E-state index is -4.46. The van der Waals surface area contributed by atoms with Crippen molar-refractivity contribution < 1.29 is 23.0 Å². The minimum Gasteiger partial charge on any atom is -0.389 e. The molecule has 0 aromatic carbocycles. The van der Waals surface area contributed by atoms with E-state index in [1.54, 1.807) is 0 Å². The highest BCUT2D eigenvalue weighted by molar-refractivity contribution is 6.33. The van der Waals surface area contributed by atoms with Gasteiger partial charge in [0.05, 0.1) is 28.9 Å². The number of anilines is 1. The largest absolute Gasteiger partial charge is 0.417 e. The van der Waals surface area contributed by atoms with E-state index in [2.05, 4.69) is 9.88 Å². The molecule has 1 fully saturated rings. The molecule has 148 valence electrons. The number of piperazine rings is 1. The fourth-order valence-electron chi connectivity index (χ4n) is 2.66. The highest BCUT2D eigenvalue weighted by Crippen LogP contribution is 2.33. The third-order valence-electron chi connectivity index (χ3n) is 4.00. The van der Waals surface area contributed by atoms with Gasteiger partial charge in [-0.05, 0) is 26.8 Å². The highest BCUT2D eigenvalue weighted by atomic mass is 35.5. The van der Waals surface area contributed by atoms with Crippen molar-refractivity contribution in [1.82, 2.24) is 9.88 Å². The molecular formula is C17H25ClF3N3O2. The van der Waals surface area contributed by atoms with Gasteiger partial charge in [0, 0.05) is 38.9 Å². The average molecular weight is 396 g/mol. The summed E-state index contributed by atoms with van der Waals surface area (Å²) in [5.41, 5.74) is -1.16. The van der Waals surface area contributed by atoms with E-state index < -0.39 is 17.8 Å². The summed E-state index contributed by atoms with van der Waals surface area (Å²) in [6, 6.07) is 0.907. The lowest BCUT2D eigenvalue weighted by atomic mass is 10.2. The van der Waals surface area contributed by atoms with Crippen LogP contribution in [0.3, 0.4) is 0 Å². The zero-order valence-corrected chi connectivity index (χ0v) is 15.9. The van der Waals surface area contributed by atoms with Gasteiger partial charge in [-0.2, -0.15) is 13.2 Å². The van der Waals surface area contributed by atoms with Crippen molar-refractivity contribution in [2.24, 2.45) is 0 Å². The van der Waals surface area contributed by atoms with Gasteiger partial charge in [0.2, 0.25) is 0 Å². The summed E-state index contributed by atoms with van der Waals surface area (Å²) >= 11 is 6.00. The summed E-state index contributed by atoms with van der Waals surface area (Å²) in [4.78, 5) is 7.84. The Labute approximate surface area is 156 Å². The molecule has 1 aliphatic rings. The number of halogens is 4. The fraction of sp³-hybridized carbons (Fsp3) is 0.706. The molecule has 1 N–H and O–H groups in total. The average Bonchev–Trinajstić information content (AvgIpc) is 2.52. The number of hydrogen-bond donors (Lipinski definition) is 1. The van der Waals surface area contributed by atoms with Gasteiger partial charge >= 0.3 is 6.18 Å². The lowest BCUT2D eigenvalue weighted by Gasteiger charge is -2.36. The van der Waals surface area contributed by atoms with E-state index in [9.17, 15) is 18.3 Å². The molecule has 5 nitrogen and oxygen atoms in total. The molecule has 1 unspecified atom stereocenters. The zero-order valence-electron chi connectivity index (χ0n) is 15.2. The van der Waals surface area contributed by atoms with E-state index in [-0.39, 0.29) is 17.2 Å². The van der Waals surface area contributed by atoms with Crippen LogP contribution in [0.4, 0.5) is 19.0 Å². The van der Waals surface area contributed by atoms with Gasteiger partial charge < -0.3 is 14.7 Å². The van der Waals surface area contributed by atoms with Crippen molar-refractivity contribution in [1.29, 1.82) is 0 Å². The first-order chi connectivity index (χ1) is 12.0. The van der Waals surface area contributed by atoms with Crippen LogP contribution in [0.15, 0.2) is 12.3 Å². The minimum absolute atomic E-state index is 0.00751. The number of ether oxygens (including phenoxy) is 1. The molecule has 2 heterocycles. The van der Waals surface area contributed by atoms with Crippen LogP contribution >= 0.6 is 11.6 Å². The second kappa shape index (κ2) is 8.29. The predicted octanol–water partition coefficient (Wildman–Crippen LogP) is 3.05. The Morgan fingerprint density at radius 3 is 2.35 bits per heavy atom. The van der Waals surface area contributed by atoms with Crippen molar-refractivity contribution in [3.8, 4) is 0 Å². The maximum atomic E-state index is 12.7. The Balaban J connectivity index is 1.86. The molecule has 0 radical (unpaired) electrons. The van der Waals surface area contributed by atoms with Gasteiger partial charge in [-0.25, -0.2) is 4.98 Å². The smallest absolute Gasteiger partial charge is 0.389 e. The Kier molecular flexibility index (Phi) is 6.76. The molecule has 1 aromatic heterocycles. The molecule has 1 atom stereocenters. The van der Waals surface area contributed by atoms with Gasteiger partial charge in [0.1, 0.15) is 5.82 Å². The van der Waals surface area contributed by atoms with Crippen molar-refractivity contribution in [3.63, 3.8) is 0 Å². The summed E-state index contributed by atoms with van der Waals surface area (Å²) in [6.45, 7) is 9.00. The number of aromatic nitrogens is 1. The van der Waals surface area contributed by atoms with Crippen molar-refractivity contribution in [3.05, 3.63) is 22.8 Å². The summed E-state index contributed by atoms with van der Waals surface area (Å²) in [5.74, 6) is 0.357. The second-order valence-corrected chi connectivity index (χ2v) is 7.80. The topological polar surface area (TPSA) is 48.8 Å². The molecule has 0 aliphatic carbocycles. The highest BCUT2D eigenvalue weighted by Gasteiger charge is 2.32. The van der Waals surface area contributed by atoms with Crippen LogP contribution in [0, 0.1) is 0 Å². The number of hydrogen-bond acceptors (Lipinski definition) is 5. The first-order valence-corrected chi connectivity index (χ1v) is 8.85. The van der Waals surface area contributed by atoms with Crippen LogP contribution in [-0.2, 0) is 10.9 Å². The second-order valence-electron chi connectivity index (χ2n) is 7.39. The molecule has 1 aliphatic heterocycles. The Morgan fingerprint density at radius 2 is 1.85 bits per heavy atom. The van der Waals surface area contributed by atoms with E-state index in [4.69, 9.17) is 16.3 Å². The number of aliphatic hydroxyl groups is 1. The molecule has 2 rings (SSSR count). The first kappa shape index (κ1) is 21.2. The SMILES string of the molecule is CC(C)(C)OCC(O)CN1CCN(c2ncc(C(F)(F)F)cc2Cl)CC1. The molecule has 0 spiro atoms. The van der Waals surface area contributed by atoms with Gasteiger partial charge in [-0.15, -0.1) is 0 Å². The summed E-state index contributed by atoms with van der Waals surface area (Å²) in [5, 5.41) is 10.1. The molecular weight excluding hydrogens is 371 g/mol. The Morgan fingerprint density at radius 1 is 1.23 bits per heavy atom. The summed E-state index contributed by atoms with van der Waals surface area (Å²) in [7, 11) is 0. The normalized spacial score (nSPS) is 18.2. The van der Waals surface area contributed by atoms with E-state index in [1.807, 2.05) is 25.7 Å². The van der Waals surface area contributed by atoms with Crippen molar-refractivity contribution in [2.45, 2.75) is 38.7 Å². The zero-order chi connectivity index (χ0) is 19.5. The lowest BCUT2D eigenvalue weighted by molar-refractivity contribution is -0.137. The molecule has 0 bridgehead atoms. The summed E-state index contributed by atoms with van der Waals surface area (Å²) < 4.78 is 43.7. The molecule has 26 heavy (non-hydrogen) atoms. The number of rotatable bonds is 5. The quantitative estimate of drug-likeness (QED) is 0.830. The third kappa shape index (κ3) is 6.26. The van der Waals surface area contributed by atoms with Crippen LogP contribution in [0.5, 0.6) is 0 Å². The van der Waals surface area contributed by atoms with Crippen molar-refractivity contribution in [2.75, 3.05) is 44.2 Å². The predicted molar refractivity (Wildman–Crippen MR) is 94.6 cm³/mol. The van der Waals surface area contributed by atoms with Gasteiger partial charge in [0.25, 0.3) is 0 Å². The molecule has 0 saturated carbocycles. The lowest BCUT2D eigenvalue weighted by Crippen LogP contribution is -2.49. The number of pyridine rings is 1. The maximum Gasteiger partial charge on any atom is 0.417 e. The standard InChI is InChI=1S/C17H25ClF3N3O2/c1-16(2,3)26-11-13(25)10-23-4-6-24(7-5-23)15-14(18)8-12(9-22-15)17(19,20)21/h8-9,13,25H,4-7,10-11H2,1-3H3. The van der Waals surface area contributed by atoms with Crippen LogP contribution < -0.4 is 4.90 Å². The molecule has 1 aromatic rings. The van der Waals surface area contributed by atoms with Gasteiger partial charge in [0.15, 0.2) is 0 Å². The number of alkyl halides is 3. The molecule has 9 heteroatoms.